The minimum Gasteiger partial charge on any atom is -0.497 e. The first-order valence-electron chi connectivity index (χ1n) is 13.5. The van der Waals surface area contributed by atoms with Crippen LogP contribution in [0.15, 0.2) is 79.1 Å². The standard InChI is InChI=1S/C31H34N6O3/c1-23(38)37-15-7-14-35(20-24-8-5-12-28(18-24)40-2)16-17-36(21-27-9-3-4-13-29(27)37)31(39)26-11-6-10-25(19-26)30-32-22-33-34-30/h3-6,8-13,18-19,22H,7,14-17,20-21H2,1-2H3,(H,32,33,34). The van der Waals surface area contributed by atoms with Gasteiger partial charge in [0.25, 0.3) is 5.91 Å². The summed E-state index contributed by atoms with van der Waals surface area (Å²) in [5.74, 6) is 1.34. The predicted octanol–water partition coefficient (Wildman–Crippen LogP) is 4.38. The van der Waals surface area contributed by atoms with Gasteiger partial charge in [-0.25, -0.2) is 4.98 Å². The fourth-order valence-corrected chi connectivity index (χ4v) is 5.15. The molecule has 0 bridgehead atoms. The molecular formula is C31H34N6O3. The van der Waals surface area contributed by atoms with E-state index in [9.17, 15) is 9.59 Å². The predicted molar refractivity (Wildman–Crippen MR) is 154 cm³/mol. The molecule has 1 aliphatic heterocycles. The number of hydrogen-bond donors (Lipinski definition) is 1. The van der Waals surface area contributed by atoms with E-state index in [0.717, 1.165) is 41.1 Å². The Balaban J connectivity index is 1.47. The molecule has 0 atom stereocenters. The van der Waals surface area contributed by atoms with Crippen LogP contribution in [-0.2, 0) is 17.9 Å². The summed E-state index contributed by atoms with van der Waals surface area (Å²) in [4.78, 5) is 37.0. The van der Waals surface area contributed by atoms with E-state index in [2.05, 4.69) is 26.1 Å². The Morgan fingerprint density at radius 1 is 0.950 bits per heavy atom. The van der Waals surface area contributed by atoms with Crippen molar-refractivity contribution in [3.05, 3.63) is 95.8 Å². The second kappa shape index (κ2) is 12.6. The molecule has 1 N–H and O–H groups in total. The van der Waals surface area contributed by atoms with Crippen molar-refractivity contribution >= 4 is 17.5 Å². The lowest BCUT2D eigenvalue weighted by atomic mass is 10.1. The maximum absolute atomic E-state index is 14.0. The average molecular weight is 539 g/mol. The van der Waals surface area contributed by atoms with Crippen LogP contribution in [0, 0.1) is 0 Å². The number of rotatable bonds is 5. The van der Waals surface area contributed by atoms with Crippen LogP contribution in [0.5, 0.6) is 5.75 Å². The highest BCUT2D eigenvalue weighted by molar-refractivity contribution is 5.96. The molecule has 4 aromatic rings. The van der Waals surface area contributed by atoms with Crippen molar-refractivity contribution in [2.75, 3.05) is 38.2 Å². The van der Waals surface area contributed by atoms with E-state index >= 15 is 0 Å². The van der Waals surface area contributed by atoms with Gasteiger partial charge in [-0.2, -0.15) is 5.10 Å². The SMILES string of the molecule is COc1cccc(CN2CCCN(C(C)=O)c3ccccc3CN(C(=O)c3cccc(-c4ncn[nH]4)c3)CC2)c1. The number of methoxy groups -OCH3 is 1. The number of para-hydroxylation sites is 1. The van der Waals surface area contributed by atoms with E-state index < -0.39 is 0 Å². The van der Waals surface area contributed by atoms with Crippen molar-refractivity contribution in [3.63, 3.8) is 0 Å². The second-order valence-electron chi connectivity index (χ2n) is 9.92. The molecule has 9 heteroatoms. The minimum atomic E-state index is -0.0777. The van der Waals surface area contributed by atoms with Crippen molar-refractivity contribution in [3.8, 4) is 17.1 Å². The molecule has 40 heavy (non-hydrogen) atoms. The molecule has 2 amide bonds. The smallest absolute Gasteiger partial charge is 0.254 e. The van der Waals surface area contributed by atoms with Crippen LogP contribution in [0.3, 0.4) is 0 Å². The highest BCUT2D eigenvalue weighted by Crippen LogP contribution is 2.25. The van der Waals surface area contributed by atoms with E-state index in [1.54, 1.807) is 14.0 Å². The van der Waals surface area contributed by atoms with Crippen LogP contribution in [0.25, 0.3) is 11.4 Å². The van der Waals surface area contributed by atoms with Crippen LogP contribution >= 0.6 is 0 Å². The number of nitrogens with one attached hydrogen (secondary N) is 1. The Labute approximate surface area is 234 Å². The Kier molecular flexibility index (Phi) is 8.51. The van der Waals surface area contributed by atoms with E-state index in [-0.39, 0.29) is 11.8 Å². The maximum atomic E-state index is 14.0. The lowest BCUT2D eigenvalue weighted by Crippen LogP contribution is -2.38. The number of H-pyrrole nitrogens is 1. The minimum absolute atomic E-state index is 0.0105. The fourth-order valence-electron chi connectivity index (χ4n) is 5.15. The number of carbonyl (C=O) groups is 2. The van der Waals surface area contributed by atoms with Crippen LogP contribution in [0.4, 0.5) is 5.69 Å². The van der Waals surface area contributed by atoms with E-state index in [4.69, 9.17) is 4.74 Å². The number of ether oxygens (including phenoxy) is 1. The topological polar surface area (TPSA) is 94.7 Å². The van der Waals surface area contributed by atoms with Gasteiger partial charge in [0.1, 0.15) is 12.1 Å². The summed E-state index contributed by atoms with van der Waals surface area (Å²) in [6.45, 7) is 5.31. The molecule has 0 fully saturated rings. The molecule has 0 radical (unpaired) electrons. The molecule has 5 rings (SSSR count). The van der Waals surface area contributed by atoms with Crippen LogP contribution < -0.4 is 9.64 Å². The Morgan fingerprint density at radius 3 is 2.60 bits per heavy atom. The summed E-state index contributed by atoms with van der Waals surface area (Å²) in [5, 5.41) is 6.80. The van der Waals surface area contributed by atoms with Crippen molar-refractivity contribution in [2.45, 2.75) is 26.4 Å². The average Bonchev–Trinajstić information content (AvgIpc) is 3.51. The summed E-state index contributed by atoms with van der Waals surface area (Å²) >= 11 is 0. The molecule has 0 aliphatic carbocycles. The van der Waals surface area contributed by atoms with E-state index in [0.29, 0.717) is 44.1 Å². The zero-order valence-electron chi connectivity index (χ0n) is 22.9. The lowest BCUT2D eigenvalue weighted by molar-refractivity contribution is -0.116. The van der Waals surface area contributed by atoms with Gasteiger partial charge < -0.3 is 14.5 Å². The van der Waals surface area contributed by atoms with Crippen molar-refractivity contribution < 1.29 is 14.3 Å². The summed E-state index contributed by atoms with van der Waals surface area (Å²) in [7, 11) is 1.67. The number of carbonyl (C=O) groups excluding carboxylic acids is 2. The zero-order valence-corrected chi connectivity index (χ0v) is 22.9. The third-order valence-corrected chi connectivity index (χ3v) is 7.19. The maximum Gasteiger partial charge on any atom is 0.254 e. The molecule has 2 heterocycles. The highest BCUT2D eigenvalue weighted by Gasteiger charge is 2.23. The van der Waals surface area contributed by atoms with Gasteiger partial charge in [-0.1, -0.05) is 42.5 Å². The first kappa shape index (κ1) is 27.1. The number of amides is 2. The Hall–Kier alpha value is -4.50. The third-order valence-electron chi connectivity index (χ3n) is 7.19. The van der Waals surface area contributed by atoms with E-state index in [1.807, 2.05) is 76.5 Å². The molecule has 9 nitrogen and oxygen atoms in total. The number of hydrogen-bond acceptors (Lipinski definition) is 6. The monoisotopic (exact) mass is 538 g/mol. The van der Waals surface area contributed by atoms with Crippen LogP contribution in [0.2, 0.25) is 0 Å². The zero-order chi connectivity index (χ0) is 27.9. The molecule has 0 spiro atoms. The normalized spacial score (nSPS) is 14.8. The van der Waals surface area contributed by atoms with Gasteiger partial charge >= 0.3 is 0 Å². The van der Waals surface area contributed by atoms with Gasteiger partial charge in [0.05, 0.1) is 7.11 Å². The molecular weight excluding hydrogens is 504 g/mol. The number of fused-ring (bicyclic) bond motifs is 1. The highest BCUT2D eigenvalue weighted by atomic mass is 16.5. The second-order valence-corrected chi connectivity index (χ2v) is 9.92. The molecule has 0 unspecified atom stereocenters. The van der Waals surface area contributed by atoms with Gasteiger partial charge in [0.15, 0.2) is 5.82 Å². The number of nitrogens with zero attached hydrogens (tertiary/aromatic N) is 5. The van der Waals surface area contributed by atoms with Gasteiger partial charge in [-0.05, 0) is 47.9 Å². The van der Waals surface area contributed by atoms with Crippen molar-refractivity contribution in [2.24, 2.45) is 0 Å². The summed E-state index contributed by atoms with van der Waals surface area (Å²) < 4.78 is 5.43. The number of aromatic amines is 1. The first-order chi connectivity index (χ1) is 19.5. The molecule has 1 aliphatic rings. The lowest BCUT2D eigenvalue weighted by Gasteiger charge is -2.28. The molecule has 206 valence electrons. The van der Waals surface area contributed by atoms with Gasteiger partial charge in [0.2, 0.25) is 5.91 Å². The van der Waals surface area contributed by atoms with Gasteiger partial charge in [-0.3, -0.25) is 19.6 Å². The third kappa shape index (κ3) is 6.38. The van der Waals surface area contributed by atoms with Gasteiger partial charge in [0, 0.05) is 63.0 Å². The van der Waals surface area contributed by atoms with Crippen LogP contribution in [0.1, 0.15) is 34.8 Å². The summed E-state index contributed by atoms with van der Waals surface area (Å²) in [6.07, 6.45) is 2.26. The number of anilines is 1. The first-order valence-corrected chi connectivity index (χ1v) is 13.5. The summed E-state index contributed by atoms with van der Waals surface area (Å²) in [6, 6.07) is 23.4. The molecule has 1 aromatic heterocycles. The van der Waals surface area contributed by atoms with Crippen LogP contribution in [-0.4, -0.2) is 70.1 Å². The number of benzene rings is 3. The quantitative estimate of drug-likeness (QED) is 0.405. The number of aromatic nitrogens is 3. The van der Waals surface area contributed by atoms with E-state index in [1.165, 1.54) is 6.33 Å². The largest absolute Gasteiger partial charge is 0.497 e. The van der Waals surface area contributed by atoms with Crippen molar-refractivity contribution in [1.82, 2.24) is 25.0 Å². The fraction of sp³-hybridized carbons (Fsp3) is 0.290. The van der Waals surface area contributed by atoms with Crippen molar-refractivity contribution in [1.29, 1.82) is 0 Å². The molecule has 0 saturated heterocycles. The Morgan fingerprint density at radius 2 is 1.80 bits per heavy atom. The Bertz CT molecular complexity index is 1450. The van der Waals surface area contributed by atoms with Gasteiger partial charge in [-0.15, -0.1) is 0 Å². The molecule has 0 saturated carbocycles. The molecule has 3 aromatic carbocycles. The summed E-state index contributed by atoms with van der Waals surface area (Å²) in [5.41, 5.74) is 4.30.